The van der Waals surface area contributed by atoms with E-state index in [1.165, 1.54) is 5.56 Å². The van der Waals surface area contributed by atoms with Gasteiger partial charge in [-0.1, -0.05) is 30.3 Å². The Morgan fingerprint density at radius 2 is 1.69 bits per heavy atom. The lowest BCUT2D eigenvalue weighted by molar-refractivity contribution is -0.0190. The Morgan fingerprint density at radius 3 is 2.48 bits per heavy atom. The van der Waals surface area contributed by atoms with Gasteiger partial charge >= 0.3 is 0 Å². The maximum Gasteiger partial charge on any atom is 0.213 e. The van der Waals surface area contributed by atoms with Crippen LogP contribution in [-0.4, -0.2) is 24.9 Å². The van der Waals surface area contributed by atoms with Crippen LogP contribution in [0.5, 0.6) is 17.2 Å². The third-order valence-electron chi connectivity index (χ3n) is 5.50. The summed E-state index contributed by atoms with van der Waals surface area (Å²) in [4.78, 5) is 0. The number of benzene rings is 3. The molecule has 5 rings (SSSR count). The van der Waals surface area contributed by atoms with E-state index in [9.17, 15) is 0 Å². The number of methoxy groups -OCH3 is 2. The van der Waals surface area contributed by atoms with Crippen LogP contribution in [0.3, 0.4) is 0 Å². The fraction of sp³-hybridized carbons (Fsp3) is 0.208. The van der Waals surface area contributed by atoms with Gasteiger partial charge in [0.15, 0.2) is 0 Å². The quantitative estimate of drug-likeness (QED) is 0.637. The summed E-state index contributed by atoms with van der Waals surface area (Å²) in [7, 11) is 3.35. The molecule has 0 radical (unpaired) electrons. The molecule has 0 spiro atoms. The Bertz CT molecular complexity index is 1060. The molecule has 0 unspecified atom stereocenters. The lowest BCUT2D eigenvalue weighted by Crippen LogP contribution is -2.33. The molecular weight excluding hydrogens is 364 g/mol. The molecule has 3 aromatic rings. The van der Waals surface area contributed by atoms with Crippen molar-refractivity contribution in [1.82, 2.24) is 5.01 Å². The summed E-state index contributed by atoms with van der Waals surface area (Å²) in [5.74, 6) is 2.57. The Hall–Kier alpha value is -3.47. The first-order chi connectivity index (χ1) is 14.3. The zero-order chi connectivity index (χ0) is 19.8. The first-order valence-electron chi connectivity index (χ1n) is 9.66. The minimum Gasteiger partial charge on any atom is -0.497 e. The average molecular weight is 386 g/mol. The van der Waals surface area contributed by atoms with E-state index in [2.05, 4.69) is 23.2 Å². The van der Waals surface area contributed by atoms with Crippen LogP contribution in [0.15, 0.2) is 77.9 Å². The van der Waals surface area contributed by atoms with E-state index in [-0.39, 0.29) is 12.3 Å². The summed E-state index contributed by atoms with van der Waals surface area (Å²) < 4.78 is 17.1. The van der Waals surface area contributed by atoms with Gasteiger partial charge in [-0.05, 0) is 42.5 Å². The second kappa shape index (κ2) is 7.17. The first kappa shape index (κ1) is 17.6. The topological polar surface area (TPSA) is 43.3 Å². The summed E-state index contributed by atoms with van der Waals surface area (Å²) >= 11 is 0. The molecule has 0 saturated carbocycles. The van der Waals surface area contributed by atoms with Gasteiger partial charge in [0.1, 0.15) is 17.2 Å². The molecular formula is C24H22N2O3. The van der Waals surface area contributed by atoms with Gasteiger partial charge in [0.2, 0.25) is 6.23 Å². The normalized spacial score (nSPS) is 19.7. The minimum absolute atomic E-state index is 0.133. The Kier molecular flexibility index (Phi) is 4.35. The van der Waals surface area contributed by atoms with Crippen molar-refractivity contribution in [2.24, 2.45) is 5.10 Å². The standard InChI is InChI=1S/C24H22N2O3/c1-27-18-12-10-16(11-13-18)24-26-22(20-8-3-4-9-23(20)29-24)15-21(25-26)17-6-5-7-19(14-17)28-2/h3-14,22,24H,15H2,1-2H3/t22-,24+/m0/s1. The lowest BCUT2D eigenvalue weighted by atomic mass is 9.96. The Balaban J connectivity index is 1.56. The van der Waals surface area contributed by atoms with Crippen LogP contribution in [0, 0.1) is 0 Å². The molecule has 0 bridgehead atoms. The Labute approximate surface area is 170 Å². The van der Waals surface area contributed by atoms with Gasteiger partial charge in [-0.3, -0.25) is 0 Å². The van der Waals surface area contributed by atoms with Crippen molar-refractivity contribution in [3.05, 3.63) is 89.5 Å². The SMILES string of the molecule is COc1ccc([C@H]2Oc3ccccc3[C@@H]3CC(c4cccc(OC)c4)=NN23)cc1. The molecule has 0 aliphatic carbocycles. The van der Waals surface area contributed by atoms with Crippen molar-refractivity contribution in [1.29, 1.82) is 0 Å². The van der Waals surface area contributed by atoms with E-state index in [1.807, 2.05) is 54.6 Å². The van der Waals surface area contributed by atoms with Gasteiger partial charge in [0.25, 0.3) is 0 Å². The Morgan fingerprint density at radius 1 is 0.897 bits per heavy atom. The smallest absolute Gasteiger partial charge is 0.213 e. The van der Waals surface area contributed by atoms with E-state index in [4.69, 9.17) is 19.3 Å². The number of para-hydroxylation sites is 1. The van der Waals surface area contributed by atoms with Crippen molar-refractivity contribution in [3.8, 4) is 17.2 Å². The van der Waals surface area contributed by atoms with Gasteiger partial charge in [-0.25, -0.2) is 5.01 Å². The number of fused-ring (bicyclic) bond motifs is 3. The second-order valence-corrected chi connectivity index (χ2v) is 7.16. The molecule has 3 aromatic carbocycles. The highest BCUT2D eigenvalue weighted by molar-refractivity contribution is 6.02. The zero-order valence-corrected chi connectivity index (χ0v) is 16.4. The van der Waals surface area contributed by atoms with E-state index in [0.717, 1.165) is 40.5 Å². The highest BCUT2D eigenvalue weighted by Crippen LogP contribution is 2.47. The molecule has 2 heterocycles. The van der Waals surface area contributed by atoms with Crippen LogP contribution in [0.25, 0.3) is 0 Å². The van der Waals surface area contributed by atoms with Gasteiger partial charge in [0.05, 0.1) is 26.0 Å². The van der Waals surface area contributed by atoms with Crippen molar-refractivity contribution in [2.75, 3.05) is 14.2 Å². The second-order valence-electron chi connectivity index (χ2n) is 7.16. The summed E-state index contributed by atoms with van der Waals surface area (Å²) in [6, 6.07) is 24.4. The number of rotatable bonds is 4. The van der Waals surface area contributed by atoms with E-state index < -0.39 is 0 Å². The molecule has 0 aromatic heterocycles. The van der Waals surface area contributed by atoms with Crippen molar-refractivity contribution in [2.45, 2.75) is 18.7 Å². The monoisotopic (exact) mass is 386 g/mol. The molecule has 2 atom stereocenters. The molecule has 29 heavy (non-hydrogen) atoms. The fourth-order valence-corrected chi connectivity index (χ4v) is 4.00. The number of nitrogens with zero attached hydrogens (tertiary/aromatic N) is 2. The summed E-state index contributed by atoms with van der Waals surface area (Å²) in [5, 5.41) is 7.08. The van der Waals surface area contributed by atoms with Gasteiger partial charge in [0, 0.05) is 23.1 Å². The third-order valence-corrected chi connectivity index (χ3v) is 5.50. The lowest BCUT2D eigenvalue weighted by Gasteiger charge is -2.38. The maximum atomic E-state index is 6.39. The molecule has 146 valence electrons. The van der Waals surface area contributed by atoms with Crippen molar-refractivity contribution >= 4 is 5.71 Å². The van der Waals surface area contributed by atoms with Crippen LogP contribution in [-0.2, 0) is 0 Å². The van der Waals surface area contributed by atoms with E-state index in [0.29, 0.717) is 0 Å². The molecule has 0 saturated heterocycles. The highest BCUT2D eigenvalue weighted by atomic mass is 16.5. The predicted octanol–water partition coefficient (Wildman–Crippen LogP) is 4.95. The van der Waals surface area contributed by atoms with Crippen molar-refractivity contribution in [3.63, 3.8) is 0 Å². The van der Waals surface area contributed by atoms with Gasteiger partial charge in [-0.2, -0.15) is 5.10 Å². The summed E-state index contributed by atoms with van der Waals surface area (Å²) in [6.45, 7) is 0. The largest absolute Gasteiger partial charge is 0.497 e. The average Bonchev–Trinajstić information content (AvgIpc) is 3.24. The van der Waals surface area contributed by atoms with Crippen LogP contribution in [0.1, 0.15) is 35.4 Å². The summed E-state index contributed by atoms with van der Waals surface area (Å²) in [6.07, 6.45) is 0.532. The summed E-state index contributed by atoms with van der Waals surface area (Å²) in [5.41, 5.74) is 4.32. The number of hydrogen-bond acceptors (Lipinski definition) is 5. The molecule has 5 heteroatoms. The molecule has 2 aliphatic rings. The number of hydrazone groups is 1. The van der Waals surface area contributed by atoms with Crippen LogP contribution in [0.4, 0.5) is 0 Å². The number of hydrogen-bond donors (Lipinski definition) is 0. The van der Waals surface area contributed by atoms with Gasteiger partial charge < -0.3 is 14.2 Å². The molecule has 5 nitrogen and oxygen atoms in total. The minimum atomic E-state index is -0.288. The van der Waals surface area contributed by atoms with Gasteiger partial charge in [-0.15, -0.1) is 0 Å². The predicted molar refractivity (Wildman–Crippen MR) is 112 cm³/mol. The first-order valence-corrected chi connectivity index (χ1v) is 9.66. The number of ether oxygens (including phenoxy) is 3. The van der Waals surface area contributed by atoms with Crippen LogP contribution in [0.2, 0.25) is 0 Å². The molecule has 0 amide bonds. The highest BCUT2D eigenvalue weighted by Gasteiger charge is 2.40. The maximum absolute atomic E-state index is 6.39. The van der Waals surface area contributed by atoms with E-state index in [1.54, 1.807) is 14.2 Å². The van der Waals surface area contributed by atoms with Crippen LogP contribution >= 0.6 is 0 Å². The zero-order valence-electron chi connectivity index (χ0n) is 16.4. The third kappa shape index (κ3) is 3.09. The van der Waals surface area contributed by atoms with Crippen molar-refractivity contribution < 1.29 is 14.2 Å². The van der Waals surface area contributed by atoms with Crippen LogP contribution < -0.4 is 14.2 Å². The molecule has 2 aliphatic heterocycles. The molecule has 0 fully saturated rings. The fourth-order valence-electron chi connectivity index (χ4n) is 4.00. The van der Waals surface area contributed by atoms with E-state index >= 15 is 0 Å². The molecule has 0 N–H and O–H groups in total.